The third-order valence-corrected chi connectivity index (χ3v) is 6.62. The highest BCUT2D eigenvalue weighted by molar-refractivity contribution is 7.90. The van der Waals surface area contributed by atoms with Crippen LogP contribution in [-0.2, 0) is 20.0 Å². The van der Waals surface area contributed by atoms with E-state index in [0.29, 0.717) is 12.5 Å². The van der Waals surface area contributed by atoms with Crippen molar-refractivity contribution in [2.45, 2.75) is 17.7 Å². The molecule has 1 unspecified atom stereocenters. The van der Waals surface area contributed by atoms with Crippen LogP contribution < -0.4 is 14.8 Å². The molecule has 0 aromatic heterocycles. The fourth-order valence-electron chi connectivity index (χ4n) is 2.44. The van der Waals surface area contributed by atoms with Gasteiger partial charge in [-0.05, 0) is 44.0 Å². The molecule has 0 radical (unpaired) electrons. The van der Waals surface area contributed by atoms with Crippen LogP contribution in [0, 0.1) is 5.92 Å². The summed E-state index contributed by atoms with van der Waals surface area (Å²) in [6.45, 7) is 2.15. The lowest BCUT2D eigenvalue weighted by Crippen LogP contribution is -2.35. The highest BCUT2D eigenvalue weighted by Gasteiger charge is 2.17. The van der Waals surface area contributed by atoms with E-state index in [-0.39, 0.29) is 17.2 Å². The van der Waals surface area contributed by atoms with Crippen LogP contribution >= 0.6 is 0 Å². The Labute approximate surface area is 138 Å². The van der Waals surface area contributed by atoms with Gasteiger partial charge in [-0.15, -0.1) is 0 Å². The monoisotopic (exact) mass is 361 g/mol. The lowest BCUT2D eigenvalue weighted by Gasteiger charge is -2.10. The van der Waals surface area contributed by atoms with Crippen LogP contribution in [0.15, 0.2) is 35.2 Å². The van der Waals surface area contributed by atoms with Gasteiger partial charge in [0.2, 0.25) is 20.0 Å². The topological polar surface area (TPSA) is 104 Å². The smallest absolute Gasteiger partial charge is 0.240 e. The van der Waals surface area contributed by atoms with Gasteiger partial charge in [0.15, 0.2) is 0 Å². The van der Waals surface area contributed by atoms with E-state index >= 15 is 0 Å². The molecule has 1 aliphatic heterocycles. The third kappa shape index (κ3) is 6.19. The fraction of sp³-hybridized carbons (Fsp3) is 0.571. The molecule has 0 aliphatic carbocycles. The van der Waals surface area contributed by atoms with E-state index in [9.17, 15) is 16.8 Å². The zero-order valence-corrected chi connectivity index (χ0v) is 14.5. The molecular weight excluding hydrogens is 338 g/mol. The molecule has 1 aromatic carbocycles. The minimum absolute atomic E-state index is 0.124. The van der Waals surface area contributed by atoms with E-state index in [1.807, 2.05) is 0 Å². The number of benzene rings is 1. The number of hydrogen-bond donors (Lipinski definition) is 3. The number of sulfonamides is 2. The molecule has 2 rings (SSSR count). The predicted octanol–water partition coefficient (Wildman–Crippen LogP) is -0.116. The molecule has 0 saturated carbocycles. The van der Waals surface area contributed by atoms with Crippen LogP contribution in [-0.4, -0.2) is 48.8 Å². The zero-order chi connectivity index (χ0) is 16.8. The molecule has 9 heteroatoms. The van der Waals surface area contributed by atoms with Gasteiger partial charge in [-0.25, -0.2) is 26.3 Å². The predicted molar refractivity (Wildman–Crippen MR) is 89.0 cm³/mol. The van der Waals surface area contributed by atoms with Gasteiger partial charge < -0.3 is 5.32 Å². The summed E-state index contributed by atoms with van der Waals surface area (Å²) >= 11 is 0. The van der Waals surface area contributed by atoms with Crippen LogP contribution in [0.2, 0.25) is 0 Å². The molecule has 1 aromatic rings. The number of hydrogen-bond acceptors (Lipinski definition) is 5. The van der Waals surface area contributed by atoms with Gasteiger partial charge in [0.05, 0.1) is 10.6 Å². The van der Waals surface area contributed by atoms with Crippen molar-refractivity contribution in [1.82, 2.24) is 14.8 Å². The molecule has 0 spiro atoms. The van der Waals surface area contributed by atoms with Gasteiger partial charge in [-0.3, -0.25) is 0 Å². The second kappa shape index (κ2) is 8.20. The summed E-state index contributed by atoms with van der Waals surface area (Å²) in [5.74, 6) is 0.233. The van der Waals surface area contributed by atoms with Crippen LogP contribution in [0.1, 0.15) is 12.8 Å². The standard InChI is InChI=1S/C14H23N3O4S2/c18-22(19,16-9-7-13-6-8-15-12-13)11-10-17-23(20,21)14-4-2-1-3-5-14/h1-5,13,15-17H,6-12H2. The lowest BCUT2D eigenvalue weighted by molar-refractivity contribution is 0.519. The van der Waals surface area contributed by atoms with Gasteiger partial charge in [-0.1, -0.05) is 18.2 Å². The van der Waals surface area contributed by atoms with Gasteiger partial charge in [0.25, 0.3) is 0 Å². The van der Waals surface area contributed by atoms with Gasteiger partial charge in [0.1, 0.15) is 0 Å². The lowest BCUT2D eigenvalue weighted by atomic mass is 10.1. The molecule has 23 heavy (non-hydrogen) atoms. The Hall–Kier alpha value is -1.00. The normalized spacial score (nSPS) is 19.0. The zero-order valence-electron chi connectivity index (χ0n) is 12.9. The summed E-state index contributed by atoms with van der Waals surface area (Å²) < 4.78 is 52.5. The van der Waals surface area contributed by atoms with Crippen molar-refractivity contribution >= 4 is 20.0 Å². The van der Waals surface area contributed by atoms with E-state index in [2.05, 4.69) is 14.8 Å². The summed E-state index contributed by atoms with van der Waals surface area (Å²) in [6, 6.07) is 7.87. The third-order valence-electron chi connectivity index (χ3n) is 3.75. The summed E-state index contributed by atoms with van der Waals surface area (Å²) in [5, 5.41) is 3.23. The molecule has 3 N–H and O–H groups in total. The molecule has 1 fully saturated rings. The Morgan fingerprint density at radius 2 is 1.78 bits per heavy atom. The molecule has 0 bridgehead atoms. The molecule has 1 aliphatic rings. The minimum Gasteiger partial charge on any atom is -0.316 e. The minimum atomic E-state index is -3.67. The second-order valence-corrected chi connectivity index (χ2v) is 9.26. The molecule has 7 nitrogen and oxygen atoms in total. The van der Waals surface area contributed by atoms with Crippen LogP contribution in [0.3, 0.4) is 0 Å². The van der Waals surface area contributed by atoms with Crippen molar-refractivity contribution in [3.63, 3.8) is 0 Å². The first-order chi connectivity index (χ1) is 10.9. The van der Waals surface area contributed by atoms with Crippen LogP contribution in [0.5, 0.6) is 0 Å². The summed E-state index contributed by atoms with van der Waals surface area (Å²) in [6.07, 6.45) is 1.86. The summed E-state index contributed by atoms with van der Waals surface area (Å²) in [7, 11) is -7.14. The van der Waals surface area contributed by atoms with Crippen molar-refractivity contribution in [3.05, 3.63) is 30.3 Å². The molecule has 0 amide bonds. The first kappa shape index (κ1) is 18.3. The van der Waals surface area contributed by atoms with E-state index in [1.165, 1.54) is 12.1 Å². The van der Waals surface area contributed by atoms with Crippen molar-refractivity contribution in [2.75, 3.05) is 31.9 Å². The largest absolute Gasteiger partial charge is 0.316 e. The first-order valence-corrected chi connectivity index (χ1v) is 10.8. The number of nitrogens with one attached hydrogen (secondary N) is 3. The van der Waals surface area contributed by atoms with E-state index < -0.39 is 20.0 Å². The Bertz CT molecular complexity index is 684. The Balaban J connectivity index is 1.73. The van der Waals surface area contributed by atoms with Crippen molar-refractivity contribution in [3.8, 4) is 0 Å². The maximum Gasteiger partial charge on any atom is 0.240 e. The molecule has 1 heterocycles. The van der Waals surface area contributed by atoms with Crippen LogP contribution in [0.4, 0.5) is 0 Å². The Morgan fingerprint density at radius 3 is 2.43 bits per heavy atom. The molecule has 1 atom stereocenters. The van der Waals surface area contributed by atoms with E-state index in [4.69, 9.17) is 0 Å². The Kier molecular flexibility index (Phi) is 6.54. The molecule has 1 saturated heterocycles. The highest BCUT2D eigenvalue weighted by Crippen LogP contribution is 2.11. The van der Waals surface area contributed by atoms with Crippen molar-refractivity contribution in [2.24, 2.45) is 5.92 Å². The van der Waals surface area contributed by atoms with Gasteiger partial charge in [-0.2, -0.15) is 0 Å². The average Bonchev–Trinajstić information content (AvgIpc) is 3.01. The molecular formula is C14H23N3O4S2. The van der Waals surface area contributed by atoms with E-state index in [0.717, 1.165) is 25.9 Å². The summed E-state index contributed by atoms with van der Waals surface area (Å²) in [4.78, 5) is 0.124. The highest BCUT2D eigenvalue weighted by atomic mass is 32.2. The number of rotatable bonds is 9. The van der Waals surface area contributed by atoms with Gasteiger partial charge >= 0.3 is 0 Å². The van der Waals surface area contributed by atoms with Crippen LogP contribution in [0.25, 0.3) is 0 Å². The fourth-order valence-corrected chi connectivity index (χ4v) is 4.57. The van der Waals surface area contributed by atoms with Crippen molar-refractivity contribution < 1.29 is 16.8 Å². The van der Waals surface area contributed by atoms with E-state index in [1.54, 1.807) is 18.2 Å². The molecule has 130 valence electrons. The summed E-state index contributed by atoms with van der Waals surface area (Å²) in [5.41, 5.74) is 0. The second-order valence-electron chi connectivity index (χ2n) is 5.57. The maximum atomic E-state index is 12.0. The van der Waals surface area contributed by atoms with Crippen molar-refractivity contribution in [1.29, 1.82) is 0 Å². The maximum absolute atomic E-state index is 12.0. The van der Waals surface area contributed by atoms with Gasteiger partial charge in [0, 0.05) is 13.1 Å². The average molecular weight is 361 g/mol. The first-order valence-electron chi connectivity index (χ1n) is 7.62. The SMILES string of the molecule is O=S(=O)(CCNS(=O)(=O)c1ccccc1)NCCC1CCNC1. The Morgan fingerprint density at radius 1 is 1.04 bits per heavy atom. The quantitative estimate of drug-likeness (QED) is 0.569.